The lowest BCUT2D eigenvalue weighted by Gasteiger charge is -2.31. The molecule has 2 aliphatic heterocycles. The summed E-state index contributed by atoms with van der Waals surface area (Å²) in [6.07, 6.45) is 3.65. The minimum Gasteiger partial charge on any atom is -0.298 e. The summed E-state index contributed by atoms with van der Waals surface area (Å²) >= 11 is 2.04. The molecule has 102 valence electrons. The summed E-state index contributed by atoms with van der Waals surface area (Å²) in [6, 6.07) is 4.88. The monoisotopic (exact) mass is 273 g/mol. The SMILES string of the molecule is CN1CC2=CCCSc3cc(C(C)(C)C)cc(c32)C1. The van der Waals surface area contributed by atoms with Crippen molar-refractivity contribution in [2.24, 2.45) is 0 Å². The predicted molar refractivity (Wildman–Crippen MR) is 84.8 cm³/mol. The lowest BCUT2D eigenvalue weighted by atomic mass is 9.83. The molecule has 0 N–H and O–H groups in total. The average molecular weight is 273 g/mol. The van der Waals surface area contributed by atoms with Crippen molar-refractivity contribution in [3.05, 3.63) is 34.9 Å². The van der Waals surface area contributed by atoms with Gasteiger partial charge in [-0.3, -0.25) is 4.90 Å². The van der Waals surface area contributed by atoms with Gasteiger partial charge in [-0.1, -0.05) is 32.9 Å². The van der Waals surface area contributed by atoms with Gasteiger partial charge in [0.1, 0.15) is 0 Å². The van der Waals surface area contributed by atoms with E-state index >= 15 is 0 Å². The zero-order chi connectivity index (χ0) is 13.6. The quantitative estimate of drug-likeness (QED) is 0.693. The molecule has 0 radical (unpaired) electrons. The maximum absolute atomic E-state index is 2.45. The normalized spacial score (nSPS) is 19.7. The van der Waals surface area contributed by atoms with Gasteiger partial charge in [-0.15, -0.1) is 11.8 Å². The molecule has 0 fully saturated rings. The molecule has 0 atom stereocenters. The number of likely N-dealkylation sites (N-methyl/N-ethyl adjacent to an activating group) is 1. The molecule has 1 aromatic rings. The van der Waals surface area contributed by atoms with Crippen LogP contribution in [0, 0.1) is 0 Å². The van der Waals surface area contributed by atoms with Crippen molar-refractivity contribution in [1.82, 2.24) is 4.90 Å². The van der Waals surface area contributed by atoms with E-state index in [2.05, 4.69) is 50.9 Å². The van der Waals surface area contributed by atoms with Crippen LogP contribution >= 0.6 is 11.8 Å². The van der Waals surface area contributed by atoms with E-state index in [1.165, 1.54) is 28.2 Å². The second-order valence-corrected chi connectivity index (χ2v) is 7.93. The van der Waals surface area contributed by atoms with Crippen LogP contribution in [0.1, 0.15) is 43.9 Å². The van der Waals surface area contributed by atoms with Crippen LogP contribution in [0.4, 0.5) is 0 Å². The van der Waals surface area contributed by atoms with E-state index in [9.17, 15) is 0 Å². The van der Waals surface area contributed by atoms with E-state index in [1.54, 1.807) is 11.1 Å². The van der Waals surface area contributed by atoms with E-state index in [0.717, 1.165) is 13.1 Å². The Labute approximate surface area is 121 Å². The molecule has 0 amide bonds. The maximum Gasteiger partial charge on any atom is 0.0240 e. The topological polar surface area (TPSA) is 3.24 Å². The Kier molecular flexibility index (Phi) is 3.26. The molecule has 1 aromatic carbocycles. The second-order valence-electron chi connectivity index (χ2n) is 6.80. The number of hydrogen-bond donors (Lipinski definition) is 0. The van der Waals surface area contributed by atoms with Gasteiger partial charge in [0.2, 0.25) is 0 Å². The highest BCUT2D eigenvalue weighted by atomic mass is 32.2. The molecule has 2 aliphatic rings. The van der Waals surface area contributed by atoms with Crippen LogP contribution in [-0.4, -0.2) is 24.2 Å². The fourth-order valence-corrected chi connectivity index (χ4v) is 4.07. The molecule has 0 saturated heterocycles. The molecule has 19 heavy (non-hydrogen) atoms. The van der Waals surface area contributed by atoms with E-state index in [1.807, 2.05) is 11.8 Å². The molecular weight excluding hydrogens is 250 g/mol. The van der Waals surface area contributed by atoms with E-state index < -0.39 is 0 Å². The van der Waals surface area contributed by atoms with Crippen LogP contribution in [0.25, 0.3) is 5.57 Å². The fraction of sp³-hybridized carbons (Fsp3) is 0.529. The molecule has 0 aromatic heterocycles. The van der Waals surface area contributed by atoms with Gasteiger partial charge in [0.25, 0.3) is 0 Å². The summed E-state index contributed by atoms with van der Waals surface area (Å²) < 4.78 is 0. The van der Waals surface area contributed by atoms with Crippen LogP contribution < -0.4 is 0 Å². The van der Waals surface area contributed by atoms with Gasteiger partial charge in [-0.25, -0.2) is 0 Å². The average Bonchev–Trinajstić information content (AvgIpc) is 2.51. The Morgan fingerprint density at radius 3 is 2.68 bits per heavy atom. The van der Waals surface area contributed by atoms with Crippen molar-refractivity contribution in [3.8, 4) is 0 Å². The predicted octanol–water partition coefficient (Wildman–Crippen LogP) is 4.31. The summed E-state index contributed by atoms with van der Waals surface area (Å²) in [5.41, 5.74) is 6.33. The molecule has 0 unspecified atom stereocenters. The first-order chi connectivity index (χ1) is 8.95. The highest BCUT2D eigenvalue weighted by molar-refractivity contribution is 7.99. The zero-order valence-corrected chi connectivity index (χ0v) is 13.2. The van der Waals surface area contributed by atoms with Gasteiger partial charge in [0.15, 0.2) is 0 Å². The Bertz CT molecular complexity index is 537. The first-order valence-corrected chi connectivity index (χ1v) is 8.12. The largest absolute Gasteiger partial charge is 0.298 e. The third-order valence-corrected chi connectivity index (χ3v) is 5.09. The van der Waals surface area contributed by atoms with Crippen molar-refractivity contribution >= 4 is 17.3 Å². The van der Waals surface area contributed by atoms with E-state index in [4.69, 9.17) is 0 Å². The Balaban J connectivity index is 2.20. The molecule has 0 bridgehead atoms. The lowest BCUT2D eigenvalue weighted by Crippen LogP contribution is -2.27. The van der Waals surface area contributed by atoms with Crippen LogP contribution in [0.3, 0.4) is 0 Å². The van der Waals surface area contributed by atoms with Gasteiger partial charge >= 0.3 is 0 Å². The minimum absolute atomic E-state index is 0.234. The van der Waals surface area contributed by atoms with Crippen molar-refractivity contribution in [1.29, 1.82) is 0 Å². The van der Waals surface area contributed by atoms with Crippen molar-refractivity contribution in [3.63, 3.8) is 0 Å². The van der Waals surface area contributed by atoms with Gasteiger partial charge in [-0.05, 0) is 47.2 Å². The molecule has 2 heterocycles. The van der Waals surface area contributed by atoms with Gasteiger partial charge in [0.05, 0.1) is 0 Å². The Hall–Kier alpha value is -0.730. The molecular formula is C17H23NS. The molecule has 0 aliphatic carbocycles. The highest BCUT2D eigenvalue weighted by Crippen LogP contribution is 2.41. The fourth-order valence-electron chi connectivity index (χ4n) is 2.99. The lowest BCUT2D eigenvalue weighted by molar-refractivity contribution is 0.357. The number of nitrogens with zero attached hydrogens (tertiary/aromatic N) is 1. The molecule has 2 heteroatoms. The summed E-state index contributed by atoms with van der Waals surface area (Å²) in [7, 11) is 2.23. The smallest absolute Gasteiger partial charge is 0.0240 e. The zero-order valence-electron chi connectivity index (χ0n) is 12.4. The van der Waals surface area contributed by atoms with Crippen LogP contribution in [0.2, 0.25) is 0 Å². The highest BCUT2D eigenvalue weighted by Gasteiger charge is 2.25. The number of allylic oxidation sites excluding steroid dienone is 1. The summed E-state index contributed by atoms with van der Waals surface area (Å²) in [5.74, 6) is 1.22. The van der Waals surface area contributed by atoms with Crippen molar-refractivity contribution < 1.29 is 0 Å². The van der Waals surface area contributed by atoms with Gasteiger partial charge in [-0.2, -0.15) is 0 Å². The molecule has 1 nitrogen and oxygen atoms in total. The summed E-state index contributed by atoms with van der Waals surface area (Å²) in [4.78, 5) is 3.94. The summed E-state index contributed by atoms with van der Waals surface area (Å²) in [5, 5.41) is 0. The summed E-state index contributed by atoms with van der Waals surface area (Å²) in [6.45, 7) is 9.13. The first kappa shape index (κ1) is 13.3. The minimum atomic E-state index is 0.234. The molecule has 0 saturated carbocycles. The van der Waals surface area contributed by atoms with Crippen LogP contribution in [-0.2, 0) is 12.0 Å². The maximum atomic E-state index is 2.45. The number of thioether (sulfide) groups is 1. The van der Waals surface area contributed by atoms with Crippen LogP contribution in [0.5, 0.6) is 0 Å². The van der Waals surface area contributed by atoms with Crippen LogP contribution in [0.15, 0.2) is 23.1 Å². The van der Waals surface area contributed by atoms with E-state index in [0.29, 0.717) is 0 Å². The Morgan fingerprint density at radius 1 is 1.16 bits per heavy atom. The number of rotatable bonds is 0. The second kappa shape index (κ2) is 4.68. The molecule has 0 spiro atoms. The van der Waals surface area contributed by atoms with E-state index in [-0.39, 0.29) is 5.41 Å². The first-order valence-electron chi connectivity index (χ1n) is 7.13. The van der Waals surface area contributed by atoms with Gasteiger partial charge in [0, 0.05) is 23.7 Å². The van der Waals surface area contributed by atoms with Crippen molar-refractivity contribution in [2.75, 3.05) is 19.3 Å². The number of benzene rings is 1. The number of hydrogen-bond acceptors (Lipinski definition) is 2. The molecule has 3 rings (SSSR count). The third kappa shape index (κ3) is 2.48. The van der Waals surface area contributed by atoms with Gasteiger partial charge < -0.3 is 0 Å². The third-order valence-electron chi connectivity index (χ3n) is 4.02. The standard InChI is InChI=1S/C17H23NS/c1-17(2,3)14-8-13-11-18(4)10-12-6-5-7-19-15(9-14)16(12)13/h6,8-9H,5,7,10-11H2,1-4H3. The Morgan fingerprint density at radius 2 is 1.95 bits per heavy atom. The van der Waals surface area contributed by atoms with Crippen molar-refractivity contribution in [2.45, 2.75) is 44.0 Å².